The first-order valence-corrected chi connectivity index (χ1v) is 9.26. The Morgan fingerprint density at radius 1 is 0.906 bits per heavy atom. The van der Waals surface area contributed by atoms with Crippen LogP contribution in [0.1, 0.15) is 36.3 Å². The molecule has 3 aromatic rings. The molecule has 0 aliphatic heterocycles. The number of ether oxygens (including phenoxy) is 1. The van der Waals surface area contributed by atoms with E-state index in [4.69, 9.17) is 22.1 Å². The highest BCUT2D eigenvalue weighted by molar-refractivity contribution is 6.30. The highest BCUT2D eigenvalue weighted by atomic mass is 35.5. The maximum Gasteiger partial charge on any atom is 0.421 e. The van der Waals surface area contributed by atoms with Gasteiger partial charge in [-0.1, -0.05) is 18.5 Å². The summed E-state index contributed by atoms with van der Waals surface area (Å²) in [6.07, 6.45) is -5.36. The number of anilines is 1. The zero-order chi connectivity index (χ0) is 23.9. The molecule has 0 saturated heterocycles. The fourth-order valence-electron chi connectivity index (χ4n) is 2.35. The van der Waals surface area contributed by atoms with Crippen LogP contribution in [0.15, 0.2) is 48.9 Å². The van der Waals surface area contributed by atoms with Crippen LogP contribution in [-0.4, -0.2) is 19.9 Å². The monoisotopic (exact) mass is 479 g/mol. The van der Waals surface area contributed by atoms with Gasteiger partial charge in [0.1, 0.15) is 16.8 Å². The molecule has 0 fully saturated rings. The van der Waals surface area contributed by atoms with Gasteiger partial charge >= 0.3 is 12.4 Å². The maximum atomic E-state index is 12.9. The van der Waals surface area contributed by atoms with E-state index in [1.807, 2.05) is 0 Å². The fraction of sp³-hybridized carbons (Fsp3) is 0.263. The lowest BCUT2D eigenvalue weighted by molar-refractivity contribution is -0.140. The van der Waals surface area contributed by atoms with Crippen molar-refractivity contribution in [2.75, 3.05) is 5.73 Å². The van der Waals surface area contributed by atoms with E-state index in [1.165, 1.54) is 30.7 Å². The summed E-state index contributed by atoms with van der Waals surface area (Å²) in [6.45, 7) is 1.76. The molecule has 1 atom stereocenters. The summed E-state index contributed by atoms with van der Waals surface area (Å²) < 4.78 is 79.9. The average molecular weight is 480 g/mol. The Morgan fingerprint density at radius 3 is 2.00 bits per heavy atom. The Hall–Kier alpha value is -3.15. The van der Waals surface area contributed by atoms with Crippen molar-refractivity contribution in [1.29, 1.82) is 0 Å². The van der Waals surface area contributed by atoms with Gasteiger partial charge in [0.25, 0.3) is 0 Å². The number of alkyl halides is 6. The van der Waals surface area contributed by atoms with Crippen LogP contribution in [0.3, 0.4) is 0 Å². The summed E-state index contributed by atoms with van der Waals surface area (Å²) in [5.41, 5.74) is 4.05. The van der Waals surface area contributed by atoms with E-state index in [9.17, 15) is 26.3 Å². The van der Waals surface area contributed by atoms with Crippen molar-refractivity contribution in [3.8, 4) is 5.88 Å². The van der Waals surface area contributed by atoms with Gasteiger partial charge in [0.05, 0.1) is 11.3 Å². The Morgan fingerprint density at radius 2 is 1.50 bits per heavy atom. The predicted octanol–water partition coefficient (Wildman–Crippen LogP) is 5.76. The average Bonchev–Trinajstić information content (AvgIpc) is 2.71. The van der Waals surface area contributed by atoms with Crippen LogP contribution in [0.4, 0.5) is 32.3 Å². The summed E-state index contributed by atoms with van der Waals surface area (Å²) in [7, 11) is 0. The highest BCUT2D eigenvalue weighted by Gasteiger charge is 2.36. The van der Waals surface area contributed by atoms with Crippen LogP contribution in [0, 0.1) is 0 Å². The summed E-state index contributed by atoms with van der Waals surface area (Å²) in [4.78, 5) is 14.7. The molecule has 0 aliphatic rings. The van der Waals surface area contributed by atoms with E-state index in [-0.39, 0.29) is 5.95 Å². The van der Waals surface area contributed by atoms with E-state index in [1.54, 1.807) is 13.0 Å². The molecule has 3 rings (SSSR count). The van der Waals surface area contributed by atoms with Gasteiger partial charge in [-0.3, -0.25) is 0 Å². The van der Waals surface area contributed by atoms with E-state index in [2.05, 4.69) is 19.9 Å². The Labute approximate surface area is 183 Å². The second-order valence-corrected chi connectivity index (χ2v) is 6.41. The van der Waals surface area contributed by atoms with E-state index < -0.39 is 40.6 Å². The largest absolute Gasteiger partial charge is 0.467 e. The molecule has 0 unspecified atom stereocenters. The fourth-order valence-corrected chi connectivity index (χ4v) is 2.58. The zero-order valence-electron chi connectivity index (χ0n) is 16.3. The number of aromatic nitrogens is 4. The number of hydrogen-bond acceptors (Lipinski definition) is 6. The molecule has 13 heteroatoms. The van der Waals surface area contributed by atoms with Crippen LogP contribution in [-0.2, 0) is 12.4 Å². The molecule has 0 aromatic carbocycles. The minimum absolute atomic E-state index is 0.0339. The van der Waals surface area contributed by atoms with Crippen LogP contribution in [0.2, 0.25) is 5.15 Å². The molecule has 3 aromatic heterocycles. The summed E-state index contributed by atoms with van der Waals surface area (Å²) in [5, 5.41) is -0.514. The van der Waals surface area contributed by atoms with Gasteiger partial charge in [-0.2, -0.15) is 26.3 Å². The molecular weight excluding hydrogens is 464 g/mol. The first kappa shape index (κ1) is 25.1. The molecule has 2 N–H and O–H groups in total. The number of nitrogen functional groups attached to an aromatic ring is 1. The molecule has 0 spiro atoms. The first-order valence-electron chi connectivity index (χ1n) is 8.88. The van der Waals surface area contributed by atoms with Crippen molar-refractivity contribution in [2.45, 2.75) is 31.8 Å². The number of rotatable bonds is 4. The third-order valence-electron chi connectivity index (χ3n) is 3.79. The third-order valence-corrected chi connectivity index (χ3v) is 4.09. The van der Waals surface area contributed by atoms with Crippen molar-refractivity contribution in [3.05, 3.63) is 70.9 Å². The lowest BCUT2D eigenvalue weighted by atomic mass is 10.2. The van der Waals surface area contributed by atoms with Crippen molar-refractivity contribution in [2.24, 2.45) is 0 Å². The van der Waals surface area contributed by atoms with E-state index in [0.717, 1.165) is 12.1 Å². The molecule has 0 saturated carbocycles. The van der Waals surface area contributed by atoms with Crippen LogP contribution in [0.25, 0.3) is 0 Å². The second-order valence-electron chi connectivity index (χ2n) is 6.05. The molecule has 0 amide bonds. The second kappa shape index (κ2) is 10.4. The molecular formula is C19H16ClF6N5O. The molecule has 6 nitrogen and oxygen atoms in total. The van der Waals surface area contributed by atoms with Gasteiger partial charge in [-0.15, -0.1) is 0 Å². The zero-order valence-corrected chi connectivity index (χ0v) is 17.1. The van der Waals surface area contributed by atoms with Gasteiger partial charge in [-0.05, 0) is 36.8 Å². The summed E-state index contributed by atoms with van der Waals surface area (Å²) in [5.74, 6) is -0.444. The van der Waals surface area contributed by atoms with E-state index in [0.29, 0.717) is 12.1 Å². The summed E-state index contributed by atoms with van der Waals surface area (Å²) in [6, 6.07) is 5.74. The Balaban J connectivity index is 0.000000278. The van der Waals surface area contributed by atoms with Crippen LogP contribution < -0.4 is 10.5 Å². The molecule has 0 radical (unpaired) electrons. The van der Waals surface area contributed by atoms with Gasteiger partial charge in [0.15, 0.2) is 0 Å². The molecule has 3 heterocycles. The lowest BCUT2D eigenvalue weighted by Gasteiger charge is -2.19. The topological polar surface area (TPSA) is 86.8 Å². The van der Waals surface area contributed by atoms with Crippen LogP contribution >= 0.6 is 11.6 Å². The number of pyridine rings is 2. The number of hydrogen-bond donors (Lipinski definition) is 1. The molecule has 172 valence electrons. The molecule has 0 bridgehead atoms. The normalized spacial score (nSPS) is 12.5. The van der Waals surface area contributed by atoms with Crippen LogP contribution in [0.5, 0.6) is 5.88 Å². The predicted molar refractivity (Wildman–Crippen MR) is 104 cm³/mol. The smallest absolute Gasteiger partial charge is 0.421 e. The van der Waals surface area contributed by atoms with E-state index >= 15 is 0 Å². The minimum atomic E-state index is -4.54. The van der Waals surface area contributed by atoms with Gasteiger partial charge in [-0.25, -0.2) is 19.9 Å². The van der Waals surface area contributed by atoms with Crippen molar-refractivity contribution in [3.63, 3.8) is 0 Å². The quantitative estimate of drug-likeness (QED) is 0.378. The van der Waals surface area contributed by atoms with Gasteiger partial charge in [0.2, 0.25) is 11.8 Å². The van der Waals surface area contributed by atoms with Gasteiger partial charge in [0, 0.05) is 18.6 Å². The SMILES string of the molecule is CC[C@H](Oc1ncccc1C(F)(F)F)c1ccnc(N)n1.FC(F)(F)c1cccnc1Cl. The summed E-state index contributed by atoms with van der Waals surface area (Å²) >= 11 is 5.18. The highest BCUT2D eigenvalue weighted by Crippen LogP contribution is 2.36. The van der Waals surface area contributed by atoms with Gasteiger partial charge < -0.3 is 10.5 Å². The minimum Gasteiger partial charge on any atom is -0.467 e. The number of halogens is 7. The third kappa shape index (κ3) is 6.94. The van der Waals surface area contributed by atoms with Crippen molar-refractivity contribution >= 4 is 17.5 Å². The number of nitrogens with two attached hydrogens (primary N) is 1. The van der Waals surface area contributed by atoms with Crippen molar-refractivity contribution < 1.29 is 31.1 Å². The Bertz CT molecular complexity index is 1030. The number of nitrogens with zero attached hydrogens (tertiary/aromatic N) is 4. The van der Waals surface area contributed by atoms with Crippen molar-refractivity contribution in [1.82, 2.24) is 19.9 Å². The maximum absolute atomic E-state index is 12.9. The standard InChI is InChI=1S/C13H13F3N4O.C6H3ClF3N/c1-2-10(9-5-7-19-12(17)20-9)21-11-8(13(14,15)16)4-3-6-18-11;7-5-4(6(8,9)10)2-1-3-11-5/h3-7,10H,2H2,1H3,(H2,17,19,20);1-3H/t10-;/m0./s1. The Kier molecular flexibility index (Phi) is 8.19. The molecule has 32 heavy (non-hydrogen) atoms. The first-order chi connectivity index (χ1) is 14.9. The molecule has 0 aliphatic carbocycles. The lowest BCUT2D eigenvalue weighted by Crippen LogP contribution is -2.15.